The lowest BCUT2D eigenvalue weighted by Crippen LogP contribution is -2.40. The summed E-state index contributed by atoms with van der Waals surface area (Å²) in [6.07, 6.45) is 0.423. The Morgan fingerprint density at radius 3 is 2.00 bits per heavy atom. The maximum Gasteiger partial charge on any atom is 0.101 e. The molecule has 0 aromatic heterocycles. The fourth-order valence-electron chi connectivity index (χ4n) is 2.87. The van der Waals surface area contributed by atoms with Crippen molar-refractivity contribution in [3.8, 4) is 0 Å². The topological polar surface area (TPSA) is 21.7 Å². The second kappa shape index (κ2) is 5.99. The number of rotatable bonds is 5. The first-order valence-corrected chi connectivity index (χ1v) is 6.49. The van der Waals surface area contributed by atoms with E-state index in [1.807, 2.05) is 0 Å². The highest BCUT2D eigenvalue weighted by Gasteiger charge is 2.47. The van der Waals surface area contributed by atoms with Crippen LogP contribution >= 0.6 is 0 Å². The summed E-state index contributed by atoms with van der Waals surface area (Å²) in [6.45, 7) is 12.4. The third kappa shape index (κ3) is 2.58. The Bertz CT molecular complexity index is 208. The number of likely N-dealkylation sites (N-methyl/N-ethyl adjacent to an activating group) is 1. The quantitative estimate of drug-likeness (QED) is 0.721. The summed E-state index contributed by atoms with van der Waals surface area (Å²) in [7, 11) is 2.18. The van der Waals surface area contributed by atoms with E-state index in [1.165, 1.54) is 0 Å². The van der Waals surface area contributed by atoms with Crippen molar-refractivity contribution in [1.29, 1.82) is 0 Å². The van der Waals surface area contributed by atoms with Crippen LogP contribution in [0.4, 0.5) is 0 Å². The number of ether oxygens (including phenoxy) is 2. The Morgan fingerprint density at radius 1 is 1.06 bits per heavy atom. The van der Waals surface area contributed by atoms with E-state index in [1.54, 1.807) is 0 Å². The summed E-state index contributed by atoms with van der Waals surface area (Å²) in [5.41, 5.74) is 0. The molecule has 0 aliphatic carbocycles. The normalized spacial score (nSPS) is 36.2. The number of nitrogens with zero attached hydrogens (tertiary/aromatic N) is 1. The van der Waals surface area contributed by atoms with Crippen LogP contribution in [0.25, 0.3) is 0 Å². The smallest absolute Gasteiger partial charge is 0.101 e. The molecular weight excluding hydrogens is 202 g/mol. The van der Waals surface area contributed by atoms with Gasteiger partial charge in [-0.3, -0.25) is 4.90 Å². The Labute approximate surface area is 100 Å². The zero-order valence-corrected chi connectivity index (χ0v) is 11.6. The largest absolute Gasteiger partial charge is 0.374 e. The van der Waals surface area contributed by atoms with Crippen LogP contribution in [0.5, 0.6) is 0 Å². The molecule has 0 radical (unpaired) electrons. The standard InChI is InChI=1S/C13H27NO2/c1-7-15-12-10(5)14(6)11(9(3)4)13(12)16-8-2/h9-13H,7-8H2,1-6H3/t10-,11-,12+,13+/m1/s1. The Morgan fingerprint density at radius 2 is 1.56 bits per heavy atom. The van der Waals surface area contributed by atoms with Crippen molar-refractivity contribution < 1.29 is 9.47 Å². The number of hydrogen-bond donors (Lipinski definition) is 0. The highest BCUT2D eigenvalue weighted by atomic mass is 16.5. The second-order valence-electron chi connectivity index (χ2n) is 4.98. The molecule has 0 aromatic rings. The molecule has 3 heteroatoms. The minimum Gasteiger partial charge on any atom is -0.374 e. The van der Waals surface area contributed by atoms with Gasteiger partial charge in [-0.25, -0.2) is 0 Å². The Kier molecular flexibility index (Phi) is 5.22. The molecule has 0 unspecified atom stereocenters. The van der Waals surface area contributed by atoms with Gasteiger partial charge in [0.15, 0.2) is 0 Å². The molecule has 1 aliphatic rings. The first-order chi connectivity index (χ1) is 7.54. The molecule has 0 amide bonds. The lowest BCUT2D eigenvalue weighted by Gasteiger charge is -2.29. The van der Waals surface area contributed by atoms with Crippen LogP contribution in [0.15, 0.2) is 0 Å². The van der Waals surface area contributed by atoms with Gasteiger partial charge in [-0.2, -0.15) is 0 Å². The molecule has 96 valence electrons. The van der Waals surface area contributed by atoms with E-state index < -0.39 is 0 Å². The first-order valence-electron chi connectivity index (χ1n) is 6.49. The van der Waals surface area contributed by atoms with Gasteiger partial charge in [-0.15, -0.1) is 0 Å². The molecule has 0 saturated carbocycles. The molecule has 0 N–H and O–H groups in total. The monoisotopic (exact) mass is 229 g/mol. The van der Waals surface area contributed by atoms with Crippen LogP contribution < -0.4 is 0 Å². The van der Waals surface area contributed by atoms with E-state index in [2.05, 4.69) is 46.6 Å². The van der Waals surface area contributed by atoms with Crippen LogP contribution in [0.2, 0.25) is 0 Å². The lowest BCUT2D eigenvalue weighted by molar-refractivity contribution is -0.0624. The van der Waals surface area contributed by atoms with E-state index in [4.69, 9.17) is 9.47 Å². The minimum atomic E-state index is 0.211. The van der Waals surface area contributed by atoms with Crippen LogP contribution in [0, 0.1) is 5.92 Å². The maximum atomic E-state index is 5.92. The van der Waals surface area contributed by atoms with Crippen molar-refractivity contribution in [1.82, 2.24) is 4.90 Å². The Hall–Kier alpha value is -0.120. The average Bonchev–Trinajstić information content (AvgIpc) is 2.44. The molecule has 4 atom stereocenters. The van der Waals surface area contributed by atoms with Gasteiger partial charge in [-0.05, 0) is 33.7 Å². The third-order valence-electron chi connectivity index (χ3n) is 3.65. The van der Waals surface area contributed by atoms with Crippen molar-refractivity contribution in [2.75, 3.05) is 20.3 Å². The van der Waals surface area contributed by atoms with Crippen molar-refractivity contribution in [3.63, 3.8) is 0 Å². The summed E-state index contributed by atoms with van der Waals surface area (Å²) in [5, 5.41) is 0. The fourth-order valence-corrected chi connectivity index (χ4v) is 2.87. The van der Waals surface area contributed by atoms with E-state index in [0.717, 1.165) is 13.2 Å². The molecular formula is C13H27NO2. The molecule has 1 rings (SSSR count). The number of hydrogen-bond acceptors (Lipinski definition) is 3. The fraction of sp³-hybridized carbons (Fsp3) is 1.00. The number of likely N-dealkylation sites (tertiary alicyclic amines) is 1. The molecule has 3 nitrogen and oxygen atoms in total. The van der Waals surface area contributed by atoms with Gasteiger partial charge < -0.3 is 9.47 Å². The summed E-state index contributed by atoms with van der Waals surface area (Å²) < 4.78 is 11.8. The van der Waals surface area contributed by atoms with Gasteiger partial charge in [0.2, 0.25) is 0 Å². The molecule has 1 aliphatic heterocycles. The summed E-state index contributed by atoms with van der Waals surface area (Å²) in [4.78, 5) is 2.41. The van der Waals surface area contributed by atoms with Crippen LogP contribution in [0.3, 0.4) is 0 Å². The lowest BCUT2D eigenvalue weighted by atomic mass is 9.98. The summed E-state index contributed by atoms with van der Waals surface area (Å²) in [5.74, 6) is 0.592. The predicted molar refractivity (Wildman–Crippen MR) is 66.7 cm³/mol. The van der Waals surface area contributed by atoms with Crippen LogP contribution in [0.1, 0.15) is 34.6 Å². The van der Waals surface area contributed by atoms with Crippen molar-refractivity contribution in [3.05, 3.63) is 0 Å². The van der Waals surface area contributed by atoms with Crippen molar-refractivity contribution in [2.24, 2.45) is 5.92 Å². The van der Waals surface area contributed by atoms with Crippen LogP contribution in [-0.4, -0.2) is 49.5 Å². The van der Waals surface area contributed by atoms with E-state index in [0.29, 0.717) is 18.0 Å². The SMILES string of the molecule is CCO[C@@H]1[C@@H](OCC)[C@@H](C(C)C)N(C)[C@@H]1C. The molecule has 1 fully saturated rings. The molecule has 16 heavy (non-hydrogen) atoms. The molecule has 0 spiro atoms. The van der Waals surface area contributed by atoms with E-state index in [9.17, 15) is 0 Å². The summed E-state index contributed by atoms with van der Waals surface area (Å²) >= 11 is 0. The van der Waals surface area contributed by atoms with Gasteiger partial charge in [0.1, 0.15) is 12.2 Å². The third-order valence-corrected chi connectivity index (χ3v) is 3.65. The van der Waals surface area contributed by atoms with Gasteiger partial charge >= 0.3 is 0 Å². The van der Waals surface area contributed by atoms with E-state index >= 15 is 0 Å². The molecule has 0 bridgehead atoms. The van der Waals surface area contributed by atoms with Crippen molar-refractivity contribution in [2.45, 2.75) is 58.9 Å². The average molecular weight is 229 g/mol. The Balaban J connectivity index is 2.83. The van der Waals surface area contributed by atoms with Crippen molar-refractivity contribution >= 4 is 0 Å². The van der Waals surface area contributed by atoms with Crippen LogP contribution in [-0.2, 0) is 9.47 Å². The summed E-state index contributed by atoms with van der Waals surface area (Å²) in [6, 6.07) is 0.899. The molecule has 1 saturated heterocycles. The molecule has 0 aromatic carbocycles. The zero-order chi connectivity index (χ0) is 12.3. The van der Waals surface area contributed by atoms with Gasteiger partial charge in [0.25, 0.3) is 0 Å². The zero-order valence-electron chi connectivity index (χ0n) is 11.6. The van der Waals surface area contributed by atoms with Gasteiger partial charge in [0, 0.05) is 25.3 Å². The first kappa shape index (κ1) is 13.9. The highest BCUT2D eigenvalue weighted by molar-refractivity contribution is 5.00. The maximum absolute atomic E-state index is 5.92. The second-order valence-corrected chi connectivity index (χ2v) is 4.98. The van der Waals surface area contributed by atoms with Gasteiger partial charge in [-0.1, -0.05) is 13.8 Å². The molecule has 1 heterocycles. The minimum absolute atomic E-state index is 0.211. The van der Waals surface area contributed by atoms with Gasteiger partial charge in [0.05, 0.1) is 0 Å². The highest BCUT2D eigenvalue weighted by Crippen LogP contribution is 2.32. The van der Waals surface area contributed by atoms with E-state index in [-0.39, 0.29) is 12.2 Å². The predicted octanol–water partition coefficient (Wildman–Crippen LogP) is 2.16.